The lowest BCUT2D eigenvalue weighted by atomic mass is 9.93. The van der Waals surface area contributed by atoms with Crippen LogP contribution in [0.2, 0.25) is 0 Å². The quantitative estimate of drug-likeness (QED) is 0.807. The summed E-state index contributed by atoms with van der Waals surface area (Å²) in [6.45, 7) is 0. The number of hydrogen-bond acceptors (Lipinski definition) is 2. The van der Waals surface area contributed by atoms with E-state index in [2.05, 4.69) is 29.4 Å². The van der Waals surface area contributed by atoms with E-state index >= 15 is 0 Å². The Labute approximate surface area is 121 Å². The van der Waals surface area contributed by atoms with Crippen LogP contribution in [0, 0.1) is 0 Å². The van der Waals surface area contributed by atoms with E-state index in [0.29, 0.717) is 5.25 Å². The third-order valence-electron chi connectivity index (χ3n) is 4.47. The molecule has 3 atom stereocenters. The fraction of sp³-hybridized carbons (Fsp3) is 0.438. The first-order valence-electron chi connectivity index (χ1n) is 7.24. The van der Waals surface area contributed by atoms with Crippen molar-refractivity contribution in [1.82, 2.24) is 9.78 Å². The average Bonchev–Trinajstić information content (AvgIpc) is 2.77. The number of benzene rings is 1. The Balaban J connectivity index is 1.77. The summed E-state index contributed by atoms with van der Waals surface area (Å²) in [6.07, 6.45) is 8.68. The standard InChI is InChI=1S/C16H18N2OS/c1-18-10-12-6-5-11(9-16(12)17-18)13-7-14-3-2-4-15(8-13)20(14)19/h5-7,9-10,14-15H,2-4,8H2,1H3. The first-order chi connectivity index (χ1) is 9.70. The second kappa shape index (κ2) is 4.55. The Morgan fingerprint density at radius 2 is 2.25 bits per heavy atom. The molecule has 1 saturated heterocycles. The number of fused-ring (bicyclic) bond motifs is 3. The van der Waals surface area contributed by atoms with E-state index in [-0.39, 0.29) is 5.25 Å². The third kappa shape index (κ3) is 1.94. The molecule has 2 aliphatic rings. The highest BCUT2D eigenvalue weighted by atomic mass is 32.2. The van der Waals surface area contributed by atoms with Gasteiger partial charge in [0.15, 0.2) is 0 Å². The molecule has 1 fully saturated rings. The summed E-state index contributed by atoms with van der Waals surface area (Å²) in [4.78, 5) is 0. The highest BCUT2D eigenvalue weighted by Crippen LogP contribution is 2.37. The molecule has 0 saturated carbocycles. The lowest BCUT2D eigenvalue weighted by Gasteiger charge is -2.32. The van der Waals surface area contributed by atoms with Crippen molar-refractivity contribution in [2.24, 2.45) is 7.05 Å². The molecule has 104 valence electrons. The van der Waals surface area contributed by atoms with E-state index in [1.807, 2.05) is 17.9 Å². The van der Waals surface area contributed by atoms with Crippen LogP contribution < -0.4 is 0 Å². The molecule has 3 heterocycles. The second-order valence-corrected chi connectivity index (χ2v) is 7.82. The summed E-state index contributed by atoms with van der Waals surface area (Å²) in [5.74, 6) is 0. The zero-order valence-electron chi connectivity index (χ0n) is 11.6. The molecule has 0 radical (unpaired) electrons. The van der Waals surface area contributed by atoms with Gasteiger partial charge in [-0.15, -0.1) is 0 Å². The van der Waals surface area contributed by atoms with Gasteiger partial charge in [-0.3, -0.25) is 8.89 Å². The Morgan fingerprint density at radius 1 is 1.35 bits per heavy atom. The average molecular weight is 286 g/mol. The van der Waals surface area contributed by atoms with Gasteiger partial charge in [-0.2, -0.15) is 5.10 Å². The molecule has 4 rings (SSSR count). The number of rotatable bonds is 1. The Morgan fingerprint density at radius 3 is 3.10 bits per heavy atom. The summed E-state index contributed by atoms with van der Waals surface area (Å²) in [7, 11) is 1.30. The fourth-order valence-electron chi connectivity index (χ4n) is 3.45. The van der Waals surface area contributed by atoms with Gasteiger partial charge in [0, 0.05) is 34.7 Å². The summed E-state index contributed by atoms with van der Waals surface area (Å²) >= 11 is 0. The van der Waals surface area contributed by atoms with Gasteiger partial charge in [0.25, 0.3) is 0 Å². The number of aromatic nitrogens is 2. The van der Waals surface area contributed by atoms with Crippen molar-refractivity contribution >= 4 is 27.3 Å². The predicted octanol–water partition coefficient (Wildman–Crippen LogP) is 3.03. The molecular formula is C16H18N2OS. The summed E-state index contributed by atoms with van der Waals surface area (Å²) in [6, 6.07) is 6.49. The summed E-state index contributed by atoms with van der Waals surface area (Å²) in [5.41, 5.74) is 3.67. The summed E-state index contributed by atoms with van der Waals surface area (Å²) in [5, 5.41) is 6.31. The van der Waals surface area contributed by atoms with Crippen molar-refractivity contribution in [3.63, 3.8) is 0 Å². The molecule has 2 aromatic rings. The maximum absolute atomic E-state index is 12.3. The van der Waals surface area contributed by atoms with Gasteiger partial charge in [0.2, 0.25) is 0 Å². The number of allylic oxidation sites excluding steroid dienone is 1. The van der Waals surface area contributed by atoms with Gasteiger partial charge >= 0.3 is 0 Å². The fourth-order valence-corrected chi connectivity index (χ4v) is 5.39. The minimum atomic E-state index is -0.650. The molecule has 0 amide bonds. The van der Waals surface area contributed by atoms with Gasteiger partial charge in [-0.25, -0.2) is 0 Å². The van der Waals surface area contributed by atoms with Crippen LogP contribution in [-0.2, 0) is 17.8 Å². The molecule has 3 nitrogen and oxygen atoms in total. The largest absolute Gasteiger partial charge is 0.275 e. The van der Waals surface area contributed by atoms with E-state index in [1.54, 1.807) is 0 Å². The molecule has 4 heteroatoms. The Kier molecular flexibility index (Phi) is 2.81. The zero-order chi connectivity index (χ0) is 13.7. The van der Waals surface area contributed by atoms with E-state index in [1.165, 1.54) is 22.9 Å². The predicted molar refractivity (Wildman–Crippen MR) is 82.9 cm³/mol. The zero-order valence-corrected chi connectivity index (χ0v) is 12.4. The van der Waals surface area contributed by atoms with Crippen LogP contribution in [0.25, 0.3) is 16.5 Å². The van der Waals surface area contributed by atoms with Crippen LogP contribution >= 0.6 is 0 Å². The van der Waals surface area contributed by atoms with Crippen LogP contribution in [0.3, 0.4) is 0 Å². The van der Waals surface area contributed by atoms with Crippen LogP contribution in [0.1, 0.15) is 31.2 Å². The lowest BCUT2D eigenvalue weighted by molar-refractivity contribution is 0.579. The molecule has 1 aromatic carbocycles. The van der Waals surface area contributed by atoms with E-state index in [4.69, 9.17) is 0 Å². The molecule has 20 heavy (non-hydrogen) atoms. The smallest absolute Gasteiger partial charge is 0.0929 e. The first-order valence-corrected chi connectivity index (χ1v) is 8.52. The molecule has 0 N–H and O–H groups in total. The maximum atomic E-state index is 12.3. The minimum Gasteiger partial charge on any atom is -0.275 e. The topological polar surface area (TPSA) is 34.9 Å². The van der Waals surface area contributed by atoms with Crippen molar-refractivity contribution in [3.8, 4) is 0 Å². The van der Waals surface area contributed by atoms with Crippen molar-refractivity contribution in [3.05, 3.63) is 36.0 Å². The van der Waals surface area contributed by atoms with Crippen molar-refractivity contribution < 1.29 is 4.21 Å². The molecular weight excluding hydrogens is 268 g/mol. The lowest BCUT2D eigenvalue weighted by Crippen LogP contribution is -2.33. The normalized spacial score (nSPS) is 29.4. The Bertz CT molecular complexity index is 731. The molecule has 2 aliphatic heterocycles. The van der Waals surface area contributed by atoms with Gasteiger partial charge in [0.1, 0.15) is 0 Å². The minimum absolute atomic E-state index is 0.275. The van der Waals surface area contributed by atoms with Crippen molar-refractivity contribution in [1.29, 1.82) is 0 Å². The van der Waals surface area contributed by atoms with Crippen LogP contribution in [0.5, 0.6) is 0 Å². The van der Waals surface area contributed by atoms with Crippen LogP contribution in [-0.4, -0.2) is 24.5 Å². The second-order valence-electron chi connectivity index (χ2n) is 5.89. The highest BCUT2D eigenvalue weighted by molar-refractivity contribution is 7.86. The van der Waals surface area contributed by atoms with Gasteiger partial charge in [-0.05, 0) is 36.5 Å². The SMILES string of the molecule is Cn1cc2ccc(C3=CC4CCCC(C3)S4=O)cc2n1. The maximum Gasteiger partial charge on any atom is 0.0929 e. The monoisotopic (exact) mass is 286 g/mol. The third-order valence-corrected chi connectivity index (χ3v) is 6.50. The van der Waals surface area contributed by atoms with Gasteiger partial charge < -0.3 is 0 Å². The van der Waals surface area contributed by atoms with Gasteiger partial charge in [0.05, 0.1) is 10.8 Å². The number of hydrogen-bond donors (Lipinski definition) is 0. The van der Waals surface area contributed by atoms with Crippen molar-refractivity contribution in [2.75, 3.05) is 0 Å². The van der Waals surface area contributed by atoms with Gasteiger partial charge in [-0.1, -0.05) is 24.6 Å². The van der Waals surface area contributed by atoms with E-state index < -0.39 is 10.8 Å². The van der Waals surface area contributed by atoms with Crippen molar-refractivity contribution in [2.45, 2.75) is 36.2 Å². The highest BCUT2D eigenvalue weighted by Gasteiger charge is 2.33. The molecule has 0 aliphatic carbocycles. The van der Waals surface area contributed by atoms with Crippen LogP contribution in [0.15, 0.2) is 30.5 Å². The molecule has 3 unspecified atom stereocenters. The number of aryl methyl sites for hydroxylation is 1. The molecule has 0 spiro atoms. The first kappa shape index (κ1) is 12.3. The van der Waals surface area contributed by atoms with E-state index in [0.717, 1.165) is 24.8 Å². The Hall–Kier alpha value is -1.42. The van der Waals surface area contributed by atoms with E-state index in [9.17, 15) is 4.21 Å². The van der Waals surface area contributed by atoms with Crippen LogP contribution in [0.4, 0.5) is 0 Å². The molecule has 2 bridgehead atoms. The summed E-state index contributed by atoms with van der Waals surface area (Å²) < 4.78 is 14.1. The number of nitrogens with zero attached hydrogens (tertiary/aromatic N) is 2. The molecule has 1 aromatic heterocycles.